The zero-order valence-electron chi connectivity index (χ0n) is 16.5. The number of hydrogen-bond donors (Lipinski definition) is 0. The number of para-hydroxylation sites is 2. The number of anilines is 3. The Morgan fingerprint density at radius 1 is 0.774 bits per heavy atom. The van der Waals surface area contributed by atoms with E-state index in [0.29, 0.717) is 0 Å². The molecule has 4 nitrogen and oxygen atoms in total. The number of hydrogen-bond acceptors (Lipinski definition) is 3. The van der Waals surface area contributed by atoms with Crippen LogP contribution < -0.4 is 4.90 Å². The zero-order chi connectivity index (χ0) is 20.2. The van der Waals surface area contributed by atoms with E-state index in [4.69, 9.17) is 5.10 Å². The van der Waals surface area contributed by atoms with Crippen molar-refractivity contribution < 1.29 is 21.1 Å². The summed E-state index contributed by atoms with van der Waals surface area (Å²) in [6, 6.07) is 38.7. The molecule has 0 saturated heterocycles. The average Bonchev–Trinajstić information content (AvgIpc) is 3.31. The maximum absolute atomic E-state index is 4.81. The Bertz CT molecular complexity index is 1240. The molecule has 2 heterocycles. The second kappa shape index (κ2) is 9.55. The van der Waals surface area contributed by atoms with Crippen LogP contribution in [0.1, 0.15) is 0 Å². The summed E-state index contributed by atoms with van der Waals surface area (Å²) < 4.78 is 1.83. The molecule has 0 aliphatic heterocycles. The zero-order valence-corrected chi connectivity index (χ0v) is 18.8. The summed E-state index contributed by atoms with van der Waals surface area (Å²) in [6.45, 7) is 0. The van der Waals surface area contributed by atoms with E-state index < -0.39 is 0 Å². The van der Waals surface area contributed by atoms with Crippen LogP contribution in [0.3, 0.4) is 0 Å². The third-order valence-electron chi connectivity index (χ3n) is 4.72. The van der Waals surface area contributed by atoms with Crippen LogP contribution >= 0.6 is 0 Å². The number of pyridine rings is 1. The van der Waals surface area contributed by atoms with Gasteiger partial charge in [0.25, 0.3) is 0 Å². The molecule has 0 N–H and O–H groups in total. The van der Waals surface area contributed by atoms with Gasteiger partial charge in [-0.25, -0.2) is 0 Å². The molecule has 0 radical (unpaired) electrons. The minimum atomic E-state index is 0. The fourth-order valence-corrected chi connectivity index (χ4v) is 3.32. The molecule has 0 unspecified atom stereocenters. The summed E-state index contributed by atoms with van der Waals surface area (Å²) in [5.41, 5.74) is 4.62. The molecule has 0 fully saturated rings. The Balaban J connectivity index is 0.00000231. The molecule has 0 aliphatic carbocycles. The maximum Gasteiger partial charge on any atom is 2.00 e. The predicted octanol–water partition coefficient (Wildman–Crippen LogP) is 6.00. The third-order valence-corrected chi connectivity index (χ3v) is 4.72. The largest absolute Gasteiger partial charge is 2.00 e. The average molecular weight is 582 g/mol. The molecular weight excluding hydrogens is 563 g/mol. The van der Waals surface area contributed by atoms with Gasteiger partial charge in [-0.3, -0.25) is 4.68 Å². The molecule has 5 heteroatoms. The Labute approximate surface area is 196 Å². The van der Waals surface area contributed by atoms with Crippen molar-refractivity contribution >= 4 is 17.2 Å². The SMILES string of the molecule is [Pt+2].[c-]1c(-c2ccccn2)cccc1N(c1ccccc1)c1ccn(-c2[c-]cccc2)n1. The van der Waals surface area contributed by atoms with Gasteiger partial charge in [0.2, 0.25) is 0 Å². The van der Waals surface area contributed by atoms with E-state index in [1.165, 1.54) is 0 Å². The summed E-state index contributed by atoms with van der Waals surface area (Å²) in [5, 5.41) is 4.81. The molecule has 0 bridgehead atoms. The topological polar surface area (TPSA) is 34.0 Å². The molecule has 152 valence electrons. The van der Waals surface area contributed by atoms with E-state index in [1.54, 1.807) is 6.20 Å². The van der Waals surface area contributed by atoms with Crippen molar-refractivity contribution in [2.24, 2.45) is 0 Å². The van der Waals surface area contributed by atoms with E-state index in [0.717, 1.165) is 34.1 Å². The molecule has 5 aromatic rings. The minimum Gasteiger partial charge on any atom is -0.312 e. The molecule has 3 aromatic carbocycles. The van der Waals surface area contributed by atoms with Crippen molar-refractivity contribution in [1.82, 2.24) is 14.8 Å². The summed E-state index contributed by atoms with van der Waals surface area (Å²) >= 11 is 0. The van der Waals surface area contributed by atoms with Crippen LogP contribution in [-0.2, 0) is 21.1 Å². The van der Waals surface area contributed by atoms with Gasteiger partial charge in [0.1, 0.15) is 0 Å². The van der Waals surface area contributed by atoms with Gasteiger partial charge in [-0.05, 0) is 35.3 Å². The molecule has 0 amide bonds. The Morgan fingerprint density at radius 2 is 1.61 bits per heavy atom. The molecule has 0 spiro atoms. The summed E-state index contributed by atoms with van der Waals surface area (Å²) in [4.78, 5) is 6.55. The first-order chi connectivity index (χ1) is 14.9. The van der Waals surface area contributed by atoms with Crippen LogP contribution in [0.5, 0.6) is 0 Å². The summed E-state index contributed by atoms with van der Waals surface area (Å²) in [7, 11) is 0. The van der Waals surface area contributed by atoms with Crippen molar-refractivity contribution in [2.45, 2.75) is 0 Å². The summed E-state index contributed by atoms with van der Waals surface area (Å²) in [5.74, 6) is 0.799. The molecular formula is C26H18N4Pt. The molecule has 0 aliphatic rings. The number of rotatable bonds is 5. The van der Waals surface area contributed by atoms with Gasteiger partial charge in [0, 0.05) is 24.1 Å². The standard InChI is InChI=1S/C26H18N4.Pt/c1-3-11-22(12-4-1)29-19-17-26(28-29)30(23-13-5-2-6-14-23)24-15-9-10-21(20-24)25-16-7-8-18-27-25;/h1-11,13-19H;/q-2;+2. The Morgan fingerprint density at radius 3 is 2.39 bits per heavy atom. The van der Waals surface area contributed by atoms with Gasteiger partial charge < -0.3 is 9.88 Å². The van der Waals surface area contributed by atoms with Gasteiger partial charge in [-0.15, -0.1) is 35.9 Å². The van der Waals surface area contributed by atoms with E-state index in [9.17, 15) is 0 Å². The molecule has 0 saturated carbocycles. The molecule has 2 aromatic heterocycles. The second-order valence-electron chi connectivity index (χ2n) is 6.70. The quantitative estimate of drug-likeness (QED) is 0.239. The van der Waals surface area contributed by atoms with Crippen LogP contribution in [0.25, 0.3) is 16.9 Å². The smallest absolute Gasteiger partial charge is 0.312 e. The predicted molar refractivity (Wildman–Crippen MR) is 119 cm³/mol. The van der Waals surface area contributed by atoms with E-state index in [-0.39, 0.29) is 21.1 Å². The fourth-order valence-electron chi connectivity index (χ4n) is 3.32. The number of benzene rings is 3. The van der Waals surface area contributed by atoms with Crippen LogP contribution in [0, 0.1) is 12.1 Å². The first-order valence-electron chi connectivity index (χ1n) is 9.70. The normalized spacial score (nSPS) is 10.3. The van der Waals surface area contributed by atoms with E-state index >= 15 is 0 Å². The third kappa shape index (κ3) is 4.50. The van der Waals surface area contributed by atoms with E-state index in [1.807, 2.05) is 95.8 Å². The van der Waals surface area contributed by atoms with Gasteiger partial charge in [-0.1, -0.05) is 30.3 Å². The van der Waals surface area contributed by atoms with Crippen LogP contribution in [0.15, 0.2) is 109 Å². The summed E-state index contributed by atoms with van der Waals surface area (Å²) in [6.07, 6.45) is 3.74. The van der Waals surface area contributed by atoms with Crippen molar-refractivity contribution in [2.75, 3.05) is 4.90 Å². The number of aromatic nitrogens is 3. The maximum atomic E-state index is 4.81. The van der Waals surface area contributed by atoms with Crippen molar-refractivity contribution in [3.05, 3.63) is 122 Å². The van der Waals surface area contributed by atoms with Crippen molar-refractivity contribution in [1.29, 1.82) is 0 Å². The van der Waals surface area contributed by atoms with Gasteiger partial charge in [0.05, 0.1) is 0 Å². The molecule has 31 heavy (non-hydrogen) atoms. The van der Waals surface area contributed by atoms with Crippen molar-refractivity contribution in [3.63, 3.8) is 0 Å². The van der Waals surface area contributed by atoms with Crippen LogP contribution in [0.4, 0.5) is 17.2 Å². The molecule has 5 rings (SSSR count). The van der Waals surface area contributed by atoms with Gasteiger partial charge in [-0.2, -0.15) is 29.4 Å². The fraction of sp³-hybridized carbons (Fsp3) is 0. The van der Waals surface area contributed by atoms with Crippen molar-refractivity contribution in [3.8, 4) is 16.9 Å². The van der Waals surface area contributed by atoms with Gasteiger partial charge in [0.15, 0.2) is 5.82 Å². The minimum absolute atomic E-state index is 0. The van der Waals surface area contributed by atoms with Crippen LogP contribution in [-0.4, -0.2) is 14.8 Å². The second-order valence-corrected chi connectivity index (χ2v) is 6.70. The van der Waals surface area contributed by atoms with Gasteiger partial charge >= 0.3 is 21.1 Å². The first-order valence-corrected chi connectivity index (χ1v) is 9.70. The Hall–Kier alpha value is -3.49. The number of nitrogens with zero attached hydrogens (tertiary/aromatic N) is 4. The van der Waals surface area contributed by atoms with Crippen LogP contribution in [0.2, 0.25) is 0 Å². The Kier molecular flexibility index (Phi) is 6.39. The van der Waals surface area contributed by atoms with E-state index in [2.05, 4.69) is 34.1 Å². The monoisotopic (exact) mass is 581 g/mol. The first kappa shape index (κ1) is 20.8. The molecule has 0 atom stereocenters.